The molecule has 28 heavy (non-hydrogen) atoms. The van der Waals surface area contributed by atoms with Gasteiger partial charge in [0, 0.05) is 12.0 Å². The summed E-state index contributed by atoms with van der Waals surface area (Å²) in [6, 6.07) is 7.58. The van der Waals surface area contributed by atoms with E-state index in [1.165, 1.54) is 10.5 Å². The number of hydrogen-bond acceptors (Lipinski definition) is 4. The molecule has 1 unspecified atom stereocenters. The number of nitrogens with one attached hydrogen (secondary N) is 1. The zero-order valence-electron chi connectivity index (χ0n) is 16.7. The molecular weight excluding hydrogens is 354 g/mol. The average Bonchev–Trinajstić information content (AvgIpc) is 3.17. The lowest BCUT2D eigenvalue weighted by atomic mass is 9.90. The monoisotopic (exact) mass is 381 g/mol. The molecule has 0 saturated carbocycles. The van der Waals surface area contributed by atoms with Crippen LogP contribution in [0.5, 0.6) is 0 Å². The Labute approximate surface area is 165 Å². The molecule has 1 saturated heterocycles. The third-order valence-electron chi connectivity index (χ3n) is 5.79. The average molecular weight is 381 g/mol. The van der Waals surface area contributed by atoms with Crippen molar-refractivity contribution in [1.82, 2.24) is 15.4 Å². The number of urea groups is 1. The highest BCUT2D eigenvalue weighted by molar-refractivity contribution is 6.07. The molecule has 1 aromatic heterocycles. The van der Waals surface area contributed by atoms with Crippen LogP contribution >= 0.6 is 0 Å². The summed E-state index contributed by atoms with van der Waals surface area (Å²) in [6.07, 6.45) is 4.94. The van der Waals surface area contributed by atoms with Crippen LogP contribution in [0.15, 0.2) is 28.8 Å². The first-order valence-electron chi connectivity index (χ1n) is 10.1. The molecule has 1 aliphatic carbocycles. The van der Waals surface area contributed by atoms with Crippen LogP contribution in [0, 0.1) is 5.92 Å². The van der Waals surface area contributed by atoms with Gasteiger partial charge in [-0.05, 0) is 49.7 Å². The number of amides is 3. The van der Waals surface area contributed by atoms with E-state index in [0.29, 0.717) is 11.6 Å². The van der Waals surface area contributed by atoms with E-state index in [1.807, 2.05) is 24.3 Å². The van der Waals surface area contributed by atoms with Gasteiger partial charge in [0.25, 0.3) is 5.91 Å². The summed E-state index contributed by atoms with van der Waals surface area (Å²) in [4.78, 5) is 27.1. The van der Waals surface area contributed by atoms with Crippen molar-refractivity contribution < 1.29 is 14.1 Å². The minimum atomic E-state index is -1.06. The second-order valence-electron chi connectivity index (χ2n) is 8.48. The molecule has 1 fully saturated rings. The van der Waals surface area contributed by atoms with E-state index in [-0.39, 0.29) is 18.5 Å². The summed E-state index contributed by atoms with van der Waals surface area (Å²) in [5.74, 6) is 1.22. The summed E-state index contributed by atoms with van der Waals surface area (Å²) in [5, 5.41) is 7.02. The number of aromatic nitrogens is 1. The van der Waals surface area contributed by atoms with Crippen molar-refractivity contribution in [2.24, 2.45) is 5.92 Å². The summed E-state index contributed by atoms with van der Waals surface area (Å²) in [7, 11) is 0. The lowest BCUT2D eigenvalue weighted by Gasteiger charge is -2.22. The smallest absolute Gasteiger partial charge is 0.325 e. The molecular formula is C22H27N3O3. The van der Waals surface area contributed by atoms with Crippen LogP contribution in [0.2, 0.25) is 0 Å². The SMILES string of the molecule is CC(C)Cc1ccc(C2(C)NC(=O)N(Cc3noc4c3CCCC4)C2=O)cc1. The lowest BCUT2D eigenvalue weighted by Crippen LogP contribution is -2.40. The van der Waals surface area contributed by atoms with Gasteiger partial charge in [-0.25, -0.2) is 4.79 Å². The van der Waals surface area contributed by atoms with E-state index >= 15 is 0 Å². The molecule has 1 atom stereocenters. The summed E-state index contributed by atoms with van der Waals surface area (Å²) in [6.45, 7) is 6.28. The number of nitrogens with zero attached hydrogens (tertiary/aromatic N) is 2. The second-order valence-corrected chi connectivity index (χ2v) is 8.48. The third-order valence-corrected chi connectivity index (χ3v) is 5.79. The van der Waals surface area contributed by atoms with E-state index in [4.69, 9.17) is 4.52 Å². The fourth-order valence-electron chi connectivity index (χ4n) is 4.20. The van der Waals surface area contributed by atoms with Gasteiger partial charge in [-0.1, -0.05) is 43.3 Å². The van der Waals surface area contributed by atoms with Crippen LogP contribution in [0.25, 0.3) is 0 Å². The van der Waals surface area contributed by atoms with Crippen molar-refractivity contribution in [1.29, 1.82) is 0 Å². The largest absolute Gasteiger partial charge is 0.361 e. The van der Waals surface area contributed by atoms with Gasteiger partial charge >= 0.3 is 6.03 Å². The van der Waals surface area contributed by atoms with Gasteiger partial charge in [0.1, 0.15) is 17.0 Å². The molecule has 6 heteroatoms. The number of rotatable bonds is 5. The molecule has 2 aliphatic rings. The molecule has 3 amide bonds. The van der Waals surface area contributed by atoms with Crippen LogP contribution in [-0.4, -0.2) is 22.0 Å². The van der Waals surface area contributed by atoms with Crippen molar-refractivity contribution in [3.8, 4) is 0 Å². The van der Waals surface area contributed by atoms with Gasteiger partial charge in [-0.3, -0.25) is 9.69 Å². The van der Waals surface area contributed by atoms with E-state index in [1.54, 1.807) is 6.92 Å². The zero-order valence-corrected chi connectivity index (χ0v) is 16.7. The molecule has 2 aromatic rings. The quantitative estimate of drug-likeness (QED) is 0.801. The minimum Gasteiger partial charge on any atom is -0.361 e. The molecule has 0 spiro atoms. The normalized spacial score (nSPS) is 21.9. The number of carbonyl (C=O) groups is 2. The van der Waals surface area contributed by atoms with Gasteiger partial charge in [0.15, 0.2) is 0 Å². The van der Waals surface area contributed by atoms with E-state index in [0.717, 1.165) is 49.0 Å². The third kappa shape index (κ3) is 3.21. The van der Waals surface area contributed by atoms with Gasteiger partial charge in [-0.15, -0.1) is 0 Å². The maximum absolute atomic E-state index is 13.2. The van der Waals surface area contributed by atoms with Gasteiger partial charge in [0.05, 0.1) is 6.54 Å². The first-order valence-corrected chi connectivity index (χ1v) is 10.1. The molecule has 2 heterocycles. The topological polar surface area (TPSA) is 75.4 Å². The van der Waals surface area contributed by atoms with E-state index < -0.39 is 5.54 Å². The predicted octanol–water partition coefficient (Wildman–Crippen LogP) is 3.72. The standard InChI is InChI=1S/C22H27N3O3/c1-14(2)12-15-8-10-16(11-9-15)22(3)20(26)25(21(27)23-22)13-18-17-6-4-5-7-19(17)28-24-18/h8-11,14H,4-7,12-13H2,1-3H3,(H,23,27). The maximum Gasteiger partial charge on any atom is 0.325 e. The summed E-state index contributed by atoms with van der Waals surface area (Å²) >= 11 is 0. The fourth-order valence-corrected chi connectivity index (χ4v) is 4.20. The van der Waals surface area contributed by atoms with Gasteiger partial charge < -0.3 is 9.84 Å². The fraction of sp³-hybridized carbons (Fsp3) is 0.500. The number of imide groups is 1. The molecule has 6 nitrogen and oxygen atoms in total. The highest BCUT2D eigenvalue weighted by Crippen LogP contribution is 2.32. The molecule has 0 bridgehead atoms. The Kier molecular flexibility index (Phi) is 4.73. The molecule has 1 aromatic carbocycles. The van der Waals surface area contributed by atoms with Crippen molar-refractivity contribution in [3.63, 3.8) is 0 Å². The second kappa shape index (κ2) is 7.08. The van der Waals surface area contributed by atoms with Crippen molar-refractivity contribution >= 4 is 11.9 Å². The Morgan fingerprint density at radius 1 is 1.18 bits per heavy atom. The van der Waals surface area contributed by atoms with Crippen molar-refractivity contribution in [3.05, 3.63) is 52.4 Å². The maximum atomic E-state index is 13.2. The Balaban J connectivity index is 1.55. The Bertz CT molecular complexity index is 900. The van der Waals surface area contributed by atoms with Crippen LogP contribution in [0.1, 0.15) is 61.8 Å². The Morgan fingerprint density at radius 2 is 1.89 bits per heavy atom. The highest BCUT2D eigenvalue weighted by atomic mass is 16.5. The van der Waals surface area contributed by atoms with Crippen LogP contribution in [-0.2, 0) is 36.1 Å². The molecule has 1 aliphatic heterocycles. The molecule has 148 valence electrons. The number of benzene rings is 1. The molecule has 4 rings (SSSR count). The first kappa shape index (κ1) is 18.7. The van der Waals surface area contributed by atoms with E-state index in [2.05, 4.69) is 24.3 Å². The van der Waals surface area contributed by atoms with Gasteiger partial charge in [-0.2, -0.15) is 0 Å². The first-order chi connectivity index (χ1) is 13.4. The number of fused-ring (bicyclic) bond motifs is 1. The number of aryl methyl sites for hydroxylation is 1. The van der Waals surface area contributed by atoms with Crippen LogP contribution in [0.3, 0.4) is 0 Å². The Hall–Kier alpha value is -2.63. The lowest BCUT2D eigenvalue weighted by molar-refractivity contribution is -0.131. The zero-order chi connectivity index (χ0) is 19.9. The molecule has 0 radical (unpaired) electrons. The van der Waals surface area contributed by atoms with Crippen LogP contribution in [0.4, 0.5) is 4.79 Å². The number of hydrogen-bond donors (Lipinski definition) is 1. The van der Waals surface area contributed by atoms with Gasteiger partial charge in [0.2, 0.25) is 0 Å². The van der Waals surface area contributed by atoms with Crippen LogP contribution < -0.4 is 5.32 Å². The van der Waals surface area contributed by atoms with E-state index in [9.17, 15) is 9.59 Å². The Morgan fingerprint density at radius 3 is 2.61 bits per heavy atom. The summed E-state index contributed by atoms with van der Waals surface area (Å²) in [5.41, 5.74) is 2.73. The minimum absolute atomic E-state index is 0.157. The van der Waals surface area contributed by atoms with Crippen molar-refractivity contribution in [2.75, 3.05) is 0 Å². The molecule has 1 N–H and O–H groups in total. The number of carbonyl (C=O) groups excluding carboxylic acids is 2. The van der Waals surface area contributed by atoms with Crippen molar-refractivity contribution in [2.45, 2.75) is 65.0 Å². The highest BCUT2D eigenvalue weighted by Gasteiger charge is 2.49. The summed E-state index contributed by atoms with van der Waals surface area (Å²) < 4.78 is 5.43. The predicted molar refractivity (Wildman–Crippen MR) is 105 cm³/mol.